The second kappa shape index (κ2) is 11.1. The Morgan fingerprint density at radius 1 is 1.03 bits per heavy atom. The number of hydrogen-bond donors (Lipinski definition) is 1. The van der Waals surface area contributed by atoms with Crippen molar-refractivity contribution in [2.45, 2.75) is 110 Å². The van der Waals surface area contributed by atoms with Crippen molar-refractivity contribution < 1.29 is 19.1 Å². The lowest BCUT2D eigenvalue weighted by atomic mass is 9.70. The highest BCUT2D eigenvalue weighted by Gasteiger charge is 2.49. The third-order valence-electron chi connectivity index (χ3n) is 9.81. The molecule has 4 aliphatic rings. The summed E-state index contributed by atoms with van der Waals surface area (Å²) in [6, 6.07) is 4.94. The molecule has 0 aromatic heterocycles. The number of benzene rings is 1. The number of rotatable bonds is 9. The number of aryl methyl sites for hydroxylation is 1. The molecule has 2 saturated carbocycles. The highest BCUT2D eigenvalue weighted by molar-refractivity contribution is 5.79. The van der Waals surface area contributed by atoms with Crippen LogP contribution in [0.3, 0.4) is 0 Å². The maximum atomic E-state index is 13.1. The van der Waals surface area contributed by atoms with Gasteiger partial charge < -0.3 is 19.7 Å². The SMILES string of the molecule is CCOc1cc(CN2CCC3(CC2)CN([C@H]2CC[C@](CC)(C(=O)OCC)CC2)C(=O)N3)c(C2CC2)cc1C. The first-order chi connectivity index (χ1) is 18.3. The lowest BCUT2D eigenvalue weighted by Crippen LogP contribution is -2.52. The summed E-state index contributed by atoms with van der Waals surface area (Å²) in [5.41, 5.74) is 3.66. The molecule has 1 spiro atoms. The zero-order valence-corrected chi connectivity index (χ0v) is 23.9. The topological polar surface area (TPSA) is 71.1 Å². The van der Waals surface area contributed by atoms with Crippen molar-refractivity contribution >= 4 is 12.0 Å². The monoisotopic (exact) mass is 525 g/mol. The molecule has 7 heteroatoms. The van der Waals surface area contributed by atoms with Crippen molar-refractivity contribution in [3.05, 3.63) is 28.8 Å². The van der Waals surface area contributed by atoms with Gasteiger partial charge in [-0.05, 0) is 107 Å². The van der Waals surface area contributed by atoms with E-state index in [2.05, 4.69) is 41.1 Å². The van der Waals surface area contributed by atoms with Gasteiger partial charge in [0, 0.05) is 32.2 Å². The minimum Gasteiger partial charge on any atom is -0.494 e. The zero-order valence-electron chi connectivity index (χ0n) is 23.9. The van der Waals surface area contributed by atoms with Gasteiger partial charge in [-0.3, -0.25) is 9.69 Å². The molecule has 5 rings (SSSR count). The average molecular weight is 526 g/mol. The number of nitrogens with zero attached hydrogens (tertiary/aromatic N) is 2. The molecule has 1 N–H and O–H groups in total. The van der Waals surface area contributed by atoms with Crippen LogP contribution in [-0.2, 0) is 16.1 Å². The third kappa shape index (κ3) is 5.41. The van der Waals surface area contributed by atoms with Crippen LogP contribution in [0.5, 0.6) is 5.75 Å². The Morgan fingerprint density at radius 2 is 1.74 bits per heavy atom. The van der Waals surface area contributed by atoms with E-state index in [0.717, 1.165) is 76.9 Å². The number of likely N-dealkylation sites (tertiary alicyclic amines) is 1. The summed E-state index contributed by atoms with van der Waals surface area (Å²) in [5, 5.41) is 3.40. The van der Waals surface area contributed by atoms with E-state index in [4.69, 9.17) is 9.47 Å². The number of urea groups is 1. The normalized spacial score (nSPS) is 27.4. The molecule has 2 amide bonds. The quantitative estimate of drug-likeness (QED) is 0.429. The molecule has 2 aliphatic carbocycles. The highest BCUT2D eigenvalue weighted by atomic mass is 16.5. The molecular weight excluding hydrogens is 478 g/mol. The van der Waals surface area contributed by atoms with Gasteiger partial charge in [0.2, 0.25) is 0 Å². The van der Waals surface area contributed by atoms with E-state index in [1.165, 1.54) is 29.5 Å². The van der Waals surface area contributed by atoms with Gasteiger partial charge in [-0.2, -0.15) is 0 Å². The molecule has 7 nitrogen and oxygen atoms in total. The Labute approximate surface area is 228 Å². The van der Waals surface area contributed by atoms with E-state index >= 15 is 0 Å². The fourth-order valence-corrected chi connectivity index (χ4v) is 7.12. The van der Waals surface area contributed by atoms with Crippen LogP contribution in [0.15, 0.2) is 12.1 Å². The first kappa shape index (κ1) is 27.3. The van der Waals surface area contributed by atoms with E-state index in [1.54, 1.807) is 0 Å². The molecule has 0 bridgehead atoms. The van der Waals surface area contributed by atoms with E-state index in [-0.39, 0.29) is 29.0 Å². The molecule has 210 valence electrons. The van der Waals surface area contributed by atoms with Gasteiger partial charge in [0.25, 0.3) is 0 Å². The van der Waals surface area contributed by atoms with Crippen LogP contribution in [0.2, 0.25) is 0 Å². The number of hydrogen-bond acceptors (Lipinski definition) is 5. The summed E-state index contributed by atoms with van der Waals surface area (Å²) in [4.78, 5) is 30.4. The highest BCUT2D eigenvalue weighted by Crippen LogP contribution is 2.45. The van der Waals surface area contributed by atoms with Crippen LogP contribution >= 0.6 is 0 Å². The predicted octanol–water partition coefficient (Wildman–Crippen LogP) is 5.53. The van der Waals surface area contributed by atoms with Crippen molar-refractivity contribution in [1.29, 1.82) is 0 Å². The number of esters is 1. The van der Waals surface area contributed by atoms with Gasteiger partial charge in [-0.15, -0.1) is 0 Å². The number of amides is 2. The van der Waals surface area contributed by atoms with Crippen molar-refractivity contribution in [3.63, 3.8) is 0 Å². The smallest absolute Gasteiger partial charge is 0.318 e. The van der Waals surface area contributed by atoms with Crippen LogP contribution in [-0.4, -0.2) is 66.2 Å². The molecule has 4 fully saturated rings. The first-order valence-electron chi connectivity index (χ1n) is 15.1. The number of nitrogens with one attached hydrogen (secondary N) is 1. The maximum Gasteiger partial charge on any atom is 0.318 e. The minimum absolute atomic E-state index is 0.0533. The summed E-state index contributed by atoms with van der Waals surface area (Å²) in [5.74, 6) is 1.67. The van der Waals surface area contributed by atoms with Crippen molar-refractivity contribution in [1.82, 2.24) is 15.1 Å². The van der Waals surface area contributed by atoms with Crippen LogP contribution in [0.4, 0.5) is 4.79 Å². The van der Waals surface area contributed by atoms with Gasteiger partial charge in [-0.1, -0.05) is 13.0 Å². The van der Waals surface area contributed by atoms with E-state index in [1.807, 2.05) is 13.8 Å². The van der Waals surface area contributed by atoms with Crippen LogP contribution in [0, 0.1) is 12.3 Å². The Kier molecular flexibility index (Phi) is 7.95. The maximum absolute atomic E-state index is 13.1. The molecule has 0 atom stereocenters. The first-order valence-corrected chi connectivity index (χ1v) is 15.1. The lowest BCUT2D eigenvalue weighted by Gasteiger charge is -2.41. The van der Waals surface area contributed by atoms with Gasteiger partial charge in [0.15, 0.2) is 0 Å². The van der Waals surface area contributed by atoms with Crippen molar-refractivity contribution in [2.24, 2.45) is 5.41 Å². The Bertz CT molecular complexity index is 1020. The molecule has 0 unspecified atom stereocenters. The van der Waals surface area contributed by atoms with Crippen molar-refractivity contribution in [2.75, 3.05) is 32.8 Å². The minimum atomic E-state index is -0.372. The molecule has 0 radical (unpaired) electrons. The van der Waals surface area contributed by atoms with E-state index in [9.17, 15) is 9.59 Å². The van der Waals surface area contributed by atoms with Crippen molar-refractivity contribution in [3.8, 4) is 5.75 Å². The molecule has 2 aliphatic heterocycles. The summed E-state index contributed by atoms with van der Waals surface area (Å²) in [6.45, 7) is 13.0. The van der Waals surface area contributed by atoms with Gasteiger partial charge >= 0.3 is 12.0 Å². The molecule has 1 aromatic rings. The third-order valence-corrected chi connectivity index (χ3v) is 9.81. The van der Waals surface area contributed by atoms with Gasteiger partial charge in [0.1, 0.15) is 5.75 Å². The van der Waals surface area contributed by atoms with Crippen LogP contribution in [0.1, 0.15) is 101 Å². The van der Waals surface area contributed by atoms with Crippen LogP contribution < -0.4 is 10.1 Å². The Balaban J connectivity index is 1.18. The molecule has 38 heavy (non-hydrogen) atoms. The number of carbonyl (C=O) groups excluding carboxylic acids is 2. The van der Waals surface area contributed by atoms with Gasteiger partial charge in [-0.25, -0.2) is 4.79 Å². The van der Waals surface area contributed by atoms with Gasteiger partial charge in [0.05, 0.1) is 24.2 Å². The second-order valence-corrected chi connectivity index (χ2v) is 12.2. The molecule has 2 saturated heterocycles. The molecule has 2 heterocycles. The summed E-state index contributed by atoms with van der Waals surface area (Å²) >= 11 is 0. The van der Waals surface area contributed by atoms with E-state index < -0.39 is 0 Å². The predicted molar refractivity (Wildman–Crippen MR) is 148 cm³/mol. The Hall–Kier alpha value is -2.28. The summed E-state index contributed by atoms with van der Waals surface area (Å²) in [7, 11) is 0. The standard InChI is InChI=1S/C31H47N3O4/c1-5-30(28(35)38-7-3)12-10-25(11-13-30)34-21-31(32-29(34)36)14-16-33(17-15-31)20-24-19-27(37-6-2)22(4)18-26(24)23-8-9-23/h18-19,23,25H,5-17,20-21H2,1-4H3,(H,32,36)/t25-,30-. The number of carbonyl (C=O) groups is 2. The van der Waals surface area contributed by atoms with E-state index in [0.29, 0.717) is 19.1 Å². The largest absolute Gasteiger partial charge is 0.494 e. The number of ether oxygens (including phenoxy) is 2. The Morgan fingerprint density at radius 3 is 2.34 bits per heavy atom. The fraction of sp³-hybridized carbons (Fsp3) is 0.742. The zero-order chi connectivity index (χ0) is 26.9. The molecular formula is C31H47N3O4. The summed E-state index contributed by atoms with van der Waals surface area (Å²) < 4.78 is 11.3. The molecule has 1 aromatic carbocycles. The average Bonchev–Trinajstić information content (AvgIpc) is 3.71. The summed E-state index contributed by atoms with van der Waals surface area (Å²) in [6.07, 6.45) is 8.72. The second-order valence-electron chi connectivity index (χ2n) is 12.2. The van der Waals surface area contributed by atoms with Crippen LogP contribution in [0.25, 0.3) is 0 Å². The lowest BCUT2D eigenvalue weighted by molar-refractivity contribution is -0.158. The fourth-order valence-electron chi connectivity index (χ4n) is 7.12. The number of piperidine rings is 1.